The van der Waals surface area contributed by atoms with Crippen molar-refractivity contribution in [2.75, 3.05) is 6.61 Å². The minimum absolute atomic E-state index is 0.0267. The van der Waals surface area contributed by atoms with Crippen LogP contribution >= 0.6 is 0 Å². The molecule has 0 bridgehead atoms. The maximum atomic E-state index is 13.3. The molecular formula is C28H33NO2. The van der Waals surface area contributed by atoms with Gasteiger partial charge in [-0.05, 0) is 41.8 Å². The highest BCUT2D eigenvalue weighted by atomic mass is 16.5. The molecule has 31 heavy (non-hydrogen) atoms. The Morgan fingerprint density at radius 1 is 0.710 bits per heavy atom. The molecule has 0 saturated heterocycles. The van der Waals surface area contributed by atoms with E-state index in [1.165, 1.54) is 25.7 Å². The molecule has 3 rings (SSSR count). The second-order valence-electron chi connectivity index (χ2n) is 7.92. The molecule has 0 spiro atoms. The molecule has 3 aromatic carbocycles. The van der Waals surface area contributed by atoms with Crippen LogP contribution in [0, 0.1) is 0 Å². The van der Waals surface area contributed by atoms with Crippen LogP contribution in [0.3, 0.4) is 0 Å². The Labute approximate surface area is 186 Å². The molecule has 0 aliphatic carbocycles. The van der Waals surface area contributed by atoms with E-state index in [0.717, 1.165) is 29.9 Å². The van der Waals surface area contributed by atoms with Crippen LogP contribution in [0.15, 0.2) is 84.9 Å². The zero-order valence-electron chi connectivity index (χ0n) is 18.5. The number of hydrogen-bond acceptors (Lipinski definition) is 2. The van der Waals surface area contributed by atoms with Crippen LogP contribution in [-0.4, -0.2) is 17.4 Å². The first kappa shape index (κ1) is 22.6. The van der Waals surface area contributed by atoms with Crippen molar-refractivity contribution in [3.05, 3.63) is 102 Å². The first-order chi connectivity index (χ1) is 15.3. The van der Waals surface area contributed by atoms with Gasteiger partial charge in [-0.25, -0.2) is 0 Å². The zero-order valence-corrected chi connectivity index (χ0v) is 18.5. The van der Waals surface area contributed by atoms with Gasteiger partial charge in [-0.15, -0.1) is 0 Å². The van der Waals surface area contributed by atoms with E-state index in [0.29, 0.717) is 18.7 Å². The summed E-state index contributed by atoms with van der Waals surface area (Å²) >= 11 is 0. The molecule has 0 atom stereocenters. The van der Waals surface area contributed by atoms with Crippen LogP contribution in [0.5, 0.6) is 5.75 Å². The van der Waals surface area contributed by atoms with Gasteiger partial charge in [0.25, 0.3) is 5.91 Å². The number of amides is 1. The van der Waals surface area contributed by atoms with Gasteiger partial charge in [-0.2, -0.15) is 0 Å². The highest BCUT2D eigenvalue weighted by Crippen LogP contribution is 2.18. The van der Waals surface area contributed by atoms with Crippen LogP contribution in [0.2, 0.25) is 0 Å². The van der Waals surface area contributed by atoms with E-state index in [1.807, 2.05) is 65.6 Å². The summed E-state index contributed by atoms with van der Waals surface area (Å²) in [4.78, 5) is 15.2. The third kappa shape index (κ3) is 7.60. The first-order valence-electron chi connectivity index (χ1n) is 11.4. The van der Waals surface area contributed by atoms with E-state index in [9.17, 15) is 4.79 Å². The fourth-order valence-electron chi connectivity index (χ4n) is 3.58. The quantitative estimate of drug-likeness (QED) is 0.302. The Hall–Kier alpha value is -3.07. The lowest BCUT2D eigenvalue weighted by Crippen LogP contribution is -2.30. The predicted molar refractivity (Wildman–Crippen MR) is 127 cm³/mol. The van der Waals surface area contributed by atoms with E-state index in [1.54, 1.807) is 0 Å². The molecule has 0 aliphatic heterocycles. The Kier molecular flexibility index (Phi) is 9.18. The standard InChI is InChI=1S/C28H33NO2/c1-2-3-4-5-12-21-31-27-19-17-26(18-20-27)28(30)29(22-24-13-8-6-9-14-24)23-25-15-10-7-11-16-25/h6-11,13-20H,2-5,12,21-23H2,1H3. The molecule has 0 N–H and O–H groups in total. The molecule has 162 valence electrons. The largest absolute Gasteiger partial charge is 0.494 e. The summed E-state index contributed by atoms with van der Waals surface area (Å²) in [6, 6.07) is 27.8. The lowest BCUT2D eigenvalue weighted by molar-refractivity contribution is 0.0730. The molecular weight excluding hydrogens is 382 g/mol. The van der Waals surface area contributed by atoms with Crippen molar-refractivity contribution in [2.45, 2.75) is 52.1 Å². The van der Waals surface area contributed by atoms with Crippen LogP contribution in [-0.2, 0) is 13.1 Å². The van der Waals surface area contributed by atoms with Crippen LogP contribution < -0.4 is 4.74 Å². The van der Waals surface area contributed by atoms with Gasteiger partial charge in [0, 0.05) is 18.7 Å². The van der Waals surface area contributed by atoms with Gasteiger partial charge < -0.3 is 9.64 Å². The second-order valence-corrected chi connectivity index (χ2v) is 7.92. The van der Waals surface area contributed by atoms with Gasteiger partial charge in [0.1, 0.15) is 5.75 Å². The minimum Gasteiger partial charge on any atom is -0.494 e. The maximum Gasteiger partial charge on any atom is 0.254 e. The van der Waals surface area contributed by atoms with Crippen molar-refractivity contribution in [2.24, 2.45) is 0 Å². The first-order valence-corrected chi connectivity index (χ1v) is 11.4. The fourth-order valence-corrected chi connectivity index (χ4v) is 3.58. The molecule has 0 fully saturated rings. The monoisotopic (exact) mass is 415 g/mol. The van der Waals surface area contributed by atoms with E-state index >= 15 is 0 Å². The summed E-state index contributed by atoms with van der Waals surface area (Å²) in [5.41, 5.74) is 2.92. The number of benzene rings is 3. The number of nitrogens with zero attached hydrogens (tertiary/aromatic N) is 1. The molecule has 0 saturated carbocycles. The molecule has 0 heterocycles. The number of carbonyl (C=O) groups excluding carboxylic acids is 1. The molecule has 1 amide bonds. The normalized spacial score (nSPS) is 10.6. The zero-order chi connectivity index (χ0) is 21.7. The highest BCUT2D eigenvalue weighted by molar-refractivity contribution is 5.94. The van der Waals surface area contributed by atoms with Crippen LogP contribution in [0.1, 0.15) is 60.5 Å². The van der Waals surface area contributed by atoms with Crippen molar-refractivity contribution in [1.29, 1.82) is 0 Å². The lowest BCUT2D eigenvalue weighted by Gasteiger charge is -2.23. The van der Waals surface area contributed by atoms with E-state index < -0.39 is 0 Å². The van der Waals surface area contributed by atoms with Gasteiger partial charge >= 0.3 is 0 Å². The van der Waals surface area contributed by atoms with E-state index in [-0.39, 0.29) is 5.91 Å². The van der Waals surface area contributed by atoms with Crippen molar-refractivity contribution in [3.63, 3.8) is 0 Å². The number of ether oxygens (including phenoxy) is 1. The molecule has 0 radical (unpaired) electrons. The summed E-state index contributed by atoms with van der Waals surface area (Å²) < 4.78 is 5.85. The summed E-state index contributed by atoms with van der Waals surface area (Å²) in [5.74, 6) is 0.850. The van der Waals surface area contributed by atoms with Crippen molar-refractivity contribution < 1.29 is 9.53 Å². The topological polar surface area (TPSA) is 29.5 Å². The van der Waals surface area contributed by atoms with E-state index in [4.69, 9.17) is 4.74 Å². The van der Waals surface area contributed by atoms with Gasteiger partial charge in [-0.3, -0.25) is 4.79 Å². The SMILES string of the molecule is CCCCCCCOc1ccc(C(=O)N(Cc2ccccc2)Cc2ccccc2)cc1. The Morgan fingerprint density at radius 3 is 1.81 bits per heavy atom. The Bertz CT molecular complexity index is 850. The van der Waals surface area contributed by atoms with Gasteiger partial charge in [0.05, 0.1) is 6.61 Å². The van der Waals surface area contributed by atoms with E-state index in [2.05, 4.69) is 31.2 Å². The van der Waals surface area contributed by atoms with Crippen molar-refractivity contribution in [1.82, 2.24) is 4.90 Å². The smallest absolute Gasteiger partial charge is 0.254 e. The van der Waals surface area contributed by atoms with Crippen LogP contribution in [0.25, 0.3) is 0 Å². The summed E-state index contributed by atoms with van der Waals surface area (Å²) in [6.07, 6.45) is 6.09. The molecule has 0 aromatic heterocycles. The summed E-state index contributed by atoms with van der Waals surface area (Å²) in [7, 11) is 0. The number of unbranched alkanes of at least 4 members (excludes halogenated alkanes) is 4. The minimum atomic E-state index is 0.0267. The fraction of sp³-hybridized carbons (Fsp3) is 0.321. The lowest BCUT2D eigenvalue weighted by atomic mass is 10.1. The molecule has 0 unspecified atom stereocenters. The maximum absolute atomic E-state index is 13.3. The predicted octanol–water partition coefficient (Wildman–Crippen LogP) is 6.88. The van der Waals surface area contributed by atoms with Gasteiger partial charge in [0.2, 0.25) is 0 Å². The molecule has 0 aliphatic rings. The highest BCUT2D eigenvalue weighted by Gasteiger charge is 2.17. The number of rotatable bonds is 12. The summed E-state index contributed by atoms with van der Waals surface area (Å²) in [5, 5.41) is 0. The van der Waals surface area contributed by atoms with Gasteiger partial charge in [0.15, 0.2) is 0 Å². The number of hydrogen-bond donors (Lipinski definition) is 0. The molecule has 3 nitrogen and oxygen atoms in total. The second kappa shape index (κ2) is 12.6. The third-order valence-corrected chi connectivity index (χ3v) is 5.34. The van der Waals surface area contributed by atoms with Crippen LogP contribution in [0.4, 0.5) is 0 Å². The number of carbonyl (C=O) groups is 1. The van der Waals surface area contributed by atoms with Crippen molar-refractivity contribution >= 4 is 5.91 Å². The van der Waals surface area contributed by atoms with Gasteiger partial charge in [-0.1, -0.05) is 93.3 Å². The average Bonchev–Trinajstić information content (AvgIpc) is 2.82. The molecule has 3 heteroatoms. The Morgan fingerprint density at radius 2 is 1.26 bits per heavy atom. The Balaban J connectivity index is 1.63. The third-order valence-electron chi connectivity index (χ3n) is 5.34. The average molecular weight is 416 g/mol. The van der Waals surface area contributed by atoms with Crippen molar-refractivity contribution in [3.8, 4) is 5.75 Å². The summed E-state index contributed by atoms with van der Waals surface area (Å²) in [6.45, 7) is 4.10. The molecule has 3 aromatic rings.